The van der Waals surface area contributed by atoms with Gasteiger partial charge < -0.3 is 9.64 Å². The molecule has 154 valence electrons. The predicted molar refractivity (Wildman–Crippen MR) is 120 cm³/mol. The first-order valence-corrected chi connectivity index (χ1v) is 11.1. The van der Waals surface area contributed by atoms with E-state index in [9.17, 15) is 4.79 Å². The lowest BCUT2D eigenvalue weighted by molar-refractivity contribution is -0.131. The van der Waals surface area contributed by atoms with Crippen LogP contribution in [0.15, 0.2) is 53.7 Å². The molecule has 2 aromatic carbocycles. The van der Waals surface area contributed by atoms with E-state index in [1.165, 1.54) is 11.8 Å². The van der Waals surface area contributed by atoms with Crippen molar-refractivity contribution in [2.75, 3.05) is 12.4 Å². The molecule has 0 saturated carbocycles. The number of hydrogen-bond donors (Lipinski definition) is 0. The van der Waals surface area contributed by atoms with E-state index < -0.39 is 0 Å². The van der Waals surface area contributed by atoms with Gasteiger partial charge >= 0.3 is 0 Å². The summed E-state index contributed by atoms with van der Waals surface area (Å²) in [6.45, 7) is 10.8. The molecule has 0 aliphatic rings. The maximum atomic E-state index is 12.8. The monoisotopic (exact) mass is 411 g/mol. The fourth-order valence-electron chi connectivity index (χ4n) is 3.58. The Bertz CT molecular complexity index is 956. The van der Waals surface area contributed by atoms with Gasteiger partial charge in [-0.1, -0.05) is 23.9 Å². The number of thioether (sulfide) groups is 1. The molecule has 0 aliphatic carbocycles. The van der Waals surface area contributed by atoms with Crippen molar-refractivity contribution in [1.29, 1.82) is 0 Å². The molecule has 0 unspecified atom stereocenters. The molecule has 0 atom stereocenters. The second-order valence-corrected chi connectivity index (χ2v) is 8.37. The van der Waals surface area contributed by atoms with Crippen molar-refractivity contribution >= 4 is 28.7 Å². The molecule has 0 bridgehead atoms. The van der Waals surface area contributed by atoms with Crippen molar-refractivity contribution in [3.8, 4) is 11.4 Å². The highest BCUT2D eigenvalue weighted by atomic mass is 32.2. The maximum Gasteiger partial charge on any atom is 0.233 e. The molecule has 29 heavy (non-hydrogen) atoms. The third kappa shape index (κ3) is 4.75. The standard InChI is InChI=1S/C23H29N3O2S/c1-6-28-19-13-11-18(12-14-19)26-21-10-8-7-9-20(21)24-23(26)29-15-22(27)25(16(2)3)17(4)5/h7-14,16-17H,6,15H2,1-5H3. The lowest BCUT2D eigenvalue weighted by Gasteiger charge is -2.30. The minimum atomic E-state index is 0.130. The van der Waals surface area contributed by atoms with E-state index in [0.29, 0.717) is 12.4 Å². The van der Waals surface area contributed by atoms with Gasteiger partial charge in [-0.3, -0.25) is 9.36 Å². The van der Waals surface area contributed by atoms with E-state index in [0.717, 1.165) is 27.6 Å². The average Bonchev–Trinajstić information content (AvgIpc) is 3.05. The summed E-state index contributed by atoms with van der Waals surface area (Å²) in [7, 11) is 0. The van der Waals surface area contributed by atoms with Crippen LogP contribution in [0.2, 0.25) is 0 Å². The Balaban J connectivity index is 1.92. The van der Waals surface area contributed by atoms with Gasteiger partial charge in [-0.15, -0.1) is 0 Å². The summed E-state index contributed by atoms with van der Waals surface area (Å²) >= 11 is 1.48. The van der Waals surface area contributed by atoms with E-state index >= 15 is 0 Å². The van der Waals surface area contributed by atoms with Crippen LogP contribution in [0.4, 0.5) is 0 Å². The van der Waals surface area contributed by atoms with Gasteiger partial charge in [0.05, 0.1) is 23.4 Å². The van der Waals surface area contributed by atoms with Crippen molar-refractivity contribution in [2.45, 2.75) is 51.9 Å². The Kier molecular flexibility index (Phi) is 6.85. The highest BCUT2D eigenvalue weighted by Crippen LogP contribution is 2.29. The molecule has 0 spiro atoms. The molecule has 1 heterocycles. The molecular weight excluding hydrogens is 382 g/mol. The Morgan fingerprint density at radius 2 is 1.72 bits per heavy atom. The van der Waals surface area contributed by atoms with Gasteiger partial charge in [0, 0.05) is 17.8 Å². The van der Waals surface area contributed by atoms with Crippen LogP contribution in [-0.4, -0.2) is 44.8 Å². The number of hydrogen-bond acceptors (Lipinski definition) is 4. The minimum absolute atomic E-state index is 0.130. The highest BCUT2D eigenvalue weighted by molar-refractivity contribution is 7.99. The molecule has 1 amide bonds. The van der Waals surface area contributed by atoms with Gasteiger partial charge in [0.1, 0.15) is 5.75 Å². The Hall–Kier alpha value is -2.47. The topological polar surface area (TPSA) is 47.4 Å². The van der Waals surface area contributed by atoms with Gasteiger partial charge in [-0.2, -0.15) is 0 Å². The number of amides is 1. The Morgan fingerprint density at radius 1 is 1.07 bits per heavy atom. The zero-order chi connectivity index (χ0) is 21.0. The van der Waals surface area contributed by atoms with Crippen molar-refractivity contribution in [3.05, 3.63) is 48.5 Å². The van der Waals surface area contributed by atoms with Gasteiger partial charge in [0.25, 0.3) is 0 Å². The molecule has 0 saturated heterocycles. The average molecular weight is 412 g/mol. The summed E-state index contributed by atoms with van der Waals surface area (Å²) in [4.78, 5) is 19.6. The molecule has 6 heteroatoms. The van der Waals surface area contributed by atoms with Crippen LogP contribution < -0.4 is 4.74 Å². The number of aromatic nitrogens is 2. The van der Waals surface area contributed by atoms with Crippen LogP contribution >= 0.6 is 11.8 Å². The van der Waals surface area contributed by atoms with E-state index in [1.54, 1.807) is 0 Å². The van der Waals surface area contributed by atoms with Crippen molar-refractivity contribution in [2.24, 2.45) is 0 Å². The number of imidazole rings is 1. The van der Waals surface area contributed by atoms with Crippen LogP contribution in [-0.2, 0) is 4.79 Å². The maximum absolute atomic E-state index is 12.8. The van der Waals surface area contributed by atoms with Crippen molar-refractivity contribution < 1.29 is 9.53 Å². The van der Waals surface area contributed by atoms with Crippen LogP contribution in [0.5, 0.6) is 5.75 Å². The smallest absolute Gasteiger partial charge is 0.233 e. The fraction of sp³-hybridized carbons (Fsp3) is 0.391. The molecule has 5 nitrogen and oxygen atoms in total. The van der Waals surface area contributed by atoms with E-state index in [2.05, 4.69) is 38.3 Å². The molecule has 0 aliphatic heterocycles. The number of fused-ring (bicyclic) bond motifs is 1. The molecule has 3 rings (SSSR count). The van der Waals surface area contributed by atoms with Gasteiger partial charge in [-0.05, 0) is 71.0 Å². The van der Waals surface area contributed by atoms with Gasteiger partial charge in [0.15, 0.2) is 5.16 Å². The summed E-state index contributed by atoms with van der Waals surface area (Å²) < 4.78 is 7.67. The van der Waals surface area contributed by atoms with E-state index in [1.807, 2.05) is 54.3 Å². The molecule has 1 aromatic heterocycles. The molecule has 0 fully saturated rings. The summed E-state index contributed by atoms with van der Waals surface area (Å²) in [5.74, 6) is 1.33. The third-order valence-electron chi connectivity index (χ3n) is 4.66. The van der Waals surface area contributed by atoms with Crippen LogP contribution in [0.25, 0.3) is 16.7 Å². The van der Waals surface area contributed by atoms with Crippen LogP contribution in [0, 0.1) is 0 Å². The number of carbonyl (C=O) groups is 1. The van der Waals surface area contributed by atoms with Crippen molar-refractivity contribution in [1.82, 2.24) is 14.5 Å². The number of carbonyl (C=O) groups excluding carboxylic acids is 1. The summed E-state index contributed by atoms with van der Waals surface area (Å²) in [5, 5.41) is 0.816. The Morgan fingerprint density at radius 3 is 2.34 bits per heavy atom. The quantitative estimate of drug-likeness (QED) is 0.480. The van der Waals surface area contributed by atoms with Crippen LogP contribution in [0.1, 0.15) is 34.6 Å². The zero-order valence-corrected chi connectivity index (χ0v) is 18.6. The molecule has 0 radical (unpaired) electrons. The van der Waals surface area contributed by atoms with Gasteiger partial charge in [0.2, 0.25) is 5.91 Å². The molecule has 3 aromatic rings. The molecule has 0 N–H and O–H groups in total. The number of para-hydroxylation sites is 2. The van der Waals surface area contributed by atoms with E-state index in [4.69, 9.17) is 9.72 Å². The first-order chi connectivity index (χ1) is 13.9. The lowest BCUT2D eigenvalue weighted by Crippen LogP contribution is -2.43. The van der Waals surface area contributed by atoms with Crippen molar-refractivity contribution in [3.63, 3.8) is 0 Å². The normalized spacial score (nSPS) is 11.4. The number of ether oxygens (including phenoxy) is 1. The second kappa shape index (κ2) is 9.35. The Labute approximate surface area is 177 Å². The number of benzene rings is 2. The first-order valence-electron chi connectivity index (χ1n) is 10.1. The summed E-state index contributed by atoms with van der Waals surface area (Å²) in [5.41, 5.74) is 2.94. The SMILES string of the molecule is CCOc1ccc(-n2c(SCC(=O)N(C(C)C)C(C)C)nc3ccccc32)cc1. The predicted octanol–water partition coefficient (Wildman–Crippen LogP) is 5.16. The van der Waals surface area contributed by atoms with E-state index in [-0.39, 0.29) is 18.0 Å². The number of rotatable bonds is 8. The fourth-order valence-corrected chi connectivity index (χ4v) is 4.48. The second-order valence-electron chi connectivity index (χ2n) is 7.42. The highest BCUT2D eigenvalue weighted by Gasteiger charge is 2.21. The van der Waals surface area contributed by atoms with Crippen LogP contribution in [0.3, 0.4) is 0 Å². The molecular formula is C23H29N3O2S. The number of nitrogens with zero attached hydrogens (tertiary/aromatic N) is 3. The first kappa shape index (κ1) is 21.2. The lowest BCUT2D eigenvalue weighted by atomic mass is 10.2. The van der Waals surface area contributed by atoms with Gasteiger partial charge in [-0.25, -0.2) is 4.98 Å². The third-order valence-corrected chi connectivity index (χ3v) is 5.58. The summed E-state index contributed by atoms with van der Waals surface area (Å²) in [6.07, 6.45) is 0. The zero-order valence-electron chi connectivity index (χ0n) is 17.8. The minimum Gasteiger partial charge on any atom is -0.494 e. The largest absolute Gasteiger partial charge is 0.494 e. The summed E-state index contributed by atoms with van der Waals surface area (Å²) in [6, 6.07) is 16.4.